The predicted octanol–water partition coefficient (Wildman–Crippen LogP) is 1.20. The monoisotopic (exact) mass is 301 g/mol. The zero-order chi connectivity index (χ0) is 15.2. The molecule has 0 saturated carbocycles. The van der Waals surface area contributed by atoms with Crippen LogP contribution in [0, 0.1) is 0 Å². The van der Waals surface area contributed by atoms with E-state index in [1.54, 1.807) is 38.3 Å². The minimum atomic E-state index is -3.94. The molecular formula is C13H19NO5S. The van der Waals surface area contributed by atoms with Gasteiger partial charge in [-0.1, -0.05) is 25.5 Å². The van der Waals surface area contributed by atoms with E-state index in [1.807, 2.05) is 0 Å². The summed E-state index contributed by atoms with van der Waals surface area (Å²) in [7, 11) is -2.38. The molecule has 6 nitrogen and oxygen atoms in total. The van der Waals surface area contributed by atoms with Gasteiger partial charge in [-0.15, -0.1) is 0 Å². The number of rotatable bonds is 7. The lowest BCUT2D eigenvalue weighted by molar-refractivity contribution is -0.144. The van der Waals surface area contributed by atoms with Crippen LogP contribution in [0.2, 0.25) is 0 Å². The maximum Gasteiger partial charge on any atom is 0.326 e. The van der Waals surface area contributed by atoms with Gasteiger partial charge in [0.2, 0.25) is 10.0 Å². The van der Waals surface area contributed by atoms with E-state index < -0.39 is 21.2 Å². The molecule has 1 rings (SSSR count). The number of carbonyl (C=O) groups is 1. The Labute approximate surface area is 118 Å². The number of nitrogens with two attached hydrogens (primary N) is 1. The minimum absolute atomic E-state index is 0.00143. The molecule has 0 bridgehead atoms. The Hall–Kier alpha value is -1.60. The Bertz CT molecular complexity index is 538. The van der Waals surface area contributed by atoms with Crippen molar-refractivity contribution in [2.24, 2.45) is 5.14 Å². The number of benzene rings is 1. The van der Waals surface area contributed by atoms with Crippen LogP contribution in [-0.4, -0.2) is 26.7 Å². The Kier molecular flexibility index (Phi) is 5.97. The maximum absolute atomic E-state index is 11.8. The van der Waals surface area contributed by atoms with Crippen molar-refractivity contribution in [3.05, 3.63) is 29.8 Å². The number of hydrogen-bond acceptors (Lipinski definition) is 5. The van der Waals surface area contributed by atoms with Gasteiger partial charge in [0.1, 0.15) is 12.4 Å². The molecule has 0 aromatic heterocycles. The van der Waals surface area contributed by atoms with Crippen molar-refractivity contribution < 1.29 is 22.7 Å². The van der Waals surface area contributed by atoms with Crippen LogP contribution in [-0.2, 0) is 26.2 Å². The third kappa shape index (κ3) is 4.82. The van der Waals surface area contributed by atoms with E-state index in [2.05, 4.69) is 0 Å². The summed E-state index contributed by atoms with van der Waals surface area (Å²) >= 11 is 0. The average molecular weight is 301 g/mol. The second kappa shape index (κ2) is 7.25. The zero-order valence-electron chi connectivity index (χ0n) is 11.5. The van der Waals surface area contributed by atoms with Gasteiger partial charge in [-0.2, -0.15) is 0 Å². The smallest absolute Gasteiger partial charge is 0.326 e. The van der Waals surface area contributed by atoms with E-state index in [0.717, 1.165) is 5.56 Å². The fraction of sp³-hybridized carbons (Fsp3) is 0.462. The van der Waals surface area contributed by atoms with Crippen LogP contribution in [0.3, 0.4) is 0 Å². The molecule has 2 N–H and O–H groups in total. The summed E-state index contributed by atoms with van der Waals surface area (Å²) in [5, 5.41) is 3.73. The molecular weight excluding hydrogens is 282 g/mol. The third-order valence-corrected chi connectivity index (χ3v) is 3.97. The van der Waals surface area contributed by atoms with Crippen molar-refractivity contribution in [1.29, 1.82) is 0 Å². The lowest BCUT2D eigenvalue weighted by Crippen LogP contribution is -2.36. The van der Waals surface area contributed by atoms with Crippen molar-refractivity contribution in [2.75, 3.05) is 7.11 Å². The largest absolute Gasteiger partial charge is 0.497 e. The minimum Gasteiger partial charge on any atom is -0.497 e. The standard InChI is InChI=1S/C13H19NO5S/c1-3-4-12(20(14,16)17)13(15)19-9-10-5-7-11(18-2)8-6-10/h5-8,12H,3-4,9H2,1-2H3,(H2,14,16,17). The van der Waals surface area contributed by atoms with E-state index in [4.69, 9.17) is 14.6 Å². The number of ether oxygens (including phenoxy) is 2. The maximum atomic E-state index is 11.8. The summed E-state index contributed by atoms with van der Waals surface area (Å²) in [6.07, 6.45) is 0.680. The summed E-state index contributed by atoms with van der Waals surface area (Å²) < 4.78 is 32.6. The van der Waals surface area contributed by atoms with Crippen LogP contribution in [0.25, 0.3) is 0 Å². The number of carbonyl (C=O) groups excluding carboxylic acids is 1. The molecule has 0 heterocycles. The van der Waals surface area contributed by atoms with Gasteiger partial charge in [0, 0.05) is 0 Å². The molecule has 0 fully saturated rings. The summed E-state index contributed by atoms with van der Waals surface area (Å²) in [4.78, 5) is 11.8. The van der Waals surface area contributed by atoms with E-state index in [-0.39, 0.29) is 13.0 Å². The van der Waals surface area contributed by atoms with Gasteiger partial charge in [-0.05, 0) is 24.1 Å². The Balaban J connectivity index is 2.64. The molecule has 1 unspecified atom stereocenters. The van der Waals surface area contributed by atoms with E-state index in [9.17, 15) is 13.2 Å². The number of esters is 1. The normalized spacial score (nSPS) is 12.8. The van der Waals surface area contributed by atoms with Crippen molar-refractivity contribution in [2.45, 2.75) is 31.6 Å². The molecule has 1 aromatic rings. The first kappa shape index (κ1) is 16.5. The highest BCUT2D eigenvalue weighted by Gasteiger charge is 2.30. The van der Waals surface area contributed by atoms with Crippen LogP contribution in [0.1, 0.15) is 25.3 Å². The van der Waals surface area contributed by atoms with Crippen LogP contribution < -0.4 is 9.88 Å². The fourth-order valence-electron chi connectivity index (χ4n) is 1.65. The second-order valence-electron chi connectivity index (χ2n) is 4.32. The van der Waals surface area contributed by atoms with Crippen LogP contribution >= 0.6 is 0 Å². The van der Waals surface area contributed by atoms with Gasteiger partial charge >= 0.3 is 5.97 Å². The third-order valence-electron chi connectivity index (χ3n) is 2.75. The zero-order valence-corrected chi connectivity index (χ0v) is 12.4. The Morgan fingerprint density at radius 3 is 2.35 bits per heavy atom. The molecule has 7 heteroatoms. The van der Waals surface area contributed by atoms with Crippen molar-refractivity contribution in [1.82, 2.24) is 0 Å². The van der Waals surface area contributed by atoms with Gasteiger partial charge < -0.3 is 9.47 Å². The number of methoxy groups -OCH3 is 1. The fourth-order valence-corrected chi connectivity index (χ4v) is 2.55. The summed E-state index contributed by atoms with van der Waals surface area (Å²) in [6, 6.07) is 6.93. The van der Waals surface area contributed by atoms with Crippen LogP contribution in [0.15, 0.2) is 24.3 Å². The molecule has 0 aliphatic rings. The molecule has 0 radical (unpaired) electrons. The predicted molar refractivity (Wildman–Crippen MR) is 74.6 cm³/mol. The van der Waals surface area contributed by atoms with Gasteiger partial charge in [-0.3, -0.25) is 4.79 Å². The molecule has 0 aliphatic heterocycles. The molecule has 1 atom stereocenters. The molecule has 20 heavy (non-hydrogen) atoms. The van der Waals surface area contributed by atoms with Crippen LogP contribution in [0.4, 0.5) is 0 Å². The van der Waals surface area contributed by atoms with E-state index in [0.29, 0.717) is 12.2 Å². The lowest BCUT2D eigenvalue weighted by Gasteiger charge is -2.13. The van der Waals surface area contributed by atoms with E-state index >= 15 is 0 Å². The van der Waals surface area contributed by atoms with Gasteiger partial charge in [0.15, 0.2) is 5.25 Å². The number of primary sulfonamides is 1. The Morgan fingerprint density at radius 2 is 1.90 bits per heavy atom. The van der Waals surface area contributed by atoms with Crippen molar-refractivity contribution >= 4 is 16.0 Å². The first-order valence-electron chi connectivity index (χ1n) is 6.19. The van der Waals surface area contributed by atoms with Crippen LogP contribution in [0.5, 0.6) is 5.75 Å². The number of sulfonamides is 1. The van der Waals surface area contributed by atoms with Gasteiger partial charge in [-0.25, -0.2) is 13.6 Å². The Morgan fingerprint density at radius 1 is 1.30 bits per heavy atom. The molecule has 0 amide bonds. The second-order valence-corrected chi connectivity index (χ2v) is 6.07. The van der Waals surface area contributed by atoms with Gasteiger partial charge in [0.25, 0.3) is 0 Å². The number of hydrogen-bond donors (Lipinski definition) is 1. The SMILES string of the molecule is CCCC(C(=O)OCc1ccc(OC)cc1)S(N)(=O)=O. The highest BCUT2D eigenvalue weighted by Crippen LogP contribution is 2.13. The van der Waals surface area contributed by atoms with Gasteiger partial charge in [0.05, 0.1) is 7.11 Å². The summed E-state index contributed by atoms with van der Waals surface area (Å²) in [5.41, 5.74) is 0.740. The quantitative estimate of drug-likeness (QED) is 0.763. The molecule has 0 saturated heterocycles. The summed E-state index contributed by atoms with van der Waals surface area (Å²) in [6.45, 7) is 1.77. The topological polar surface area (TPSA) is 95.7 Å². The molecule has 1 aromatic carbocycles. The van der Waals surface area contributed by atoms with E-state index in [1.165, 1.54) is 0 Å². The lowest BCUT2D eigenvalue weighted by atomic mass is 10.2. The first-order chi connectivity index (χ1) is 9.38. The highest BCUT2D eigenvalue weighted by atomic mass is 32.2. The average Bonchev–Trinajstić information content (AvgIpc) is 2.41. The first-order valence-corrected chi connectivity index (χ1v) is 7.80. The molecule has 0 spiro atoms. The molecule has 112 valence electrons. The highest BCUT2D eigenvalue weighted by molar-refractivity contribution is 7.90. The molecule has 0 aliphatic carbocycles. The van der Waals surface area contributed by atoms with Crippen molar-refractivity contribution in [3.63, 3.8) is 0 Å². The summed E-state index contributed by atoms with van der Waals surface area (Å²) in [5.74, 6) is -0.126. The van der Waals surface area contributed by atoms with Crippen molar-refractivity contribution in [3.8, 4) is 5.75 Å².